The van der Waals surface area contributed by atoms with Crippen molar-refractivity contribution in [2.45, 2.75) is 57.0 Å². The molecular weight excluding hydrogens is 262 g/mol. The van der Waals surface area contributed by atoms with E-state index in [-0.39, 0.29) is 6.04 Å². The minimum atomic E-state index is 0.119. The zero-order chi connectivity index (χ0) is 14.2. The third kappa shape index (κ3) is 3.11. The Morgan fingerprint density at radius 3 is 2.48 bits per heavy atom. The normalized spacial score (nSPS) is 37.5. The molecule has 0 aromatic rings. The zero-order valence-corrected chi connectivity index (χ0v) is 13.1. The maximum Gasteiger partial charge on any atom is 0.239 e. The van der Waals surface area contributed by atoms with Crippen LogP contribution >= 0.6 is 0 Å². The van der Waals surface area contributed by atoms with E-state index < -0.39 is 0 Å². The molecule has 2 heterocycles. The molecule has 2 aliphatic carbocycles. The Hall–Kier alpha value is -0.610. The van der Waals surface area contributed by atoms with Gasteiger partial charge in [-0.05, 0) is 43.9 Å². The van der Waals surface area contributed by atoms with Gasteiger partial charge in [-0.2, -0.15) is 0 Å². The van der Waals surface area contributed by atoms with E-state index in [1.54, 1.807) is 0 Å². The number of amides is 1. The van der Waals surface area contributed by atoms with Crippen molar-refractivity contribution in [3.63, 3.8) is 0 Å². The predicted octanol–water partition coefficient (Wildman–Crippen LogP) is 1.46. The second kappa shape index (κ2) is 5.88. The van der Waals surface area contributed by atoms with Crippen LogP contribution in [-0.2, 0) is 4.79 Å². The topological polar surface area (TPSA) is 35.6 Å². The molecule has 4 heteroatoms. The first-order chi connectivity index (χ1) is 10.3. The number of hydrogen-bond acceptors (Lipinski definition) is 3. The summed E-state index contributed by atoms with van der Waals surface area (Å²) in [5.41, 5.74) is 0. The largest absolute Gasteiger partial charge is 0.339 e. The highest BCUT2D eigenvalue weighted by Gasteiger charge is 2.40. The molecule has 2 saturated carbocycles. The number of nitrogens with one attached hydrogen (secondary N) is 1. The van der Waals surface area contributed by atoms with E-state index in [4.69, 9.17) is 0 Å². The van der Waals surface area contributed by atoms with Gasteiger partial charge in [-0.15, -0.1) is 0 Å². The summed E-state index contributed by atoms with van der Waals surface area (Å²) in [5, 5.41) is 3.64. The van der Waals surface area contributed by atoms with Crippen molar-refractivity contribution in [1.29, 1.82) is 0 Å². The Kier molecular flexibility index (Phi) is 3.92. The van der Waals surface area contributed by atoms with Gasteiger partial charge in [0.15, 0.2) is 0 Å². The monoisotopic (exact) mass is 291 g/mol. The maximum atomic E-state index is 12.7. The van der Waals surface area contributed by atoms with E-state index in [2.05, 4.69) is 15.1 Å². The number of fused-ring (bicyclic) bond motifs is 1. The highest BCUT2D eigenvalue weighted by atomic mass is 16.2. The van der Waals surface area contributed by atoms with Crippen LogP contribution in [-0.4, -0.2) is 60.5 Å². The van der Waals surface area contributed by atoms with Crippen LogP contribution < -0.4 is 5.32 Å². The van der Waals surface area contributed by atoms with Crippen LogP contribution in [0.2, 0.25) is 0 Å². The lowest BCUT2D eigenvalue weighted by atomic mass is 9.85. The molecule has 3 unspecified atom stereocenters. The molecule has 21 heavy (non-hydrogen) atoms. The van der Waals surface area contributed by atoms with E-state index in [1.807, 2.05) is 0 Å². The molecule has 0 radical (unpaired) electrons. The van der Waals surface area contributed by atoms with Crippen molar-refractivity contribution in [2.24, 2.45) is 11.8 Å². The molecule has 0 aromatic heterocycles. The molecule has 0 aromatic carbocycles. The SMILES string of the molecule is O=C(C1CC2CCCCC2N1)N1CCN(CC2CC2)CC1. The van der Waals surface area contributed by atoms with Crippen LogP contribution in [0.15, 0.2) is 0 Å². The summed E-state index contributed by atoms with van der Waals surface area (Å²) < 4.78 is 0. The van der Waals surface area contributed by atoms with Crippen LogP contribution in [0.4, 0.5) is 0 Å². The van der Waals surface area contributed by atoms with Gasteiger partial charge in [0.1, 0.15) is 0 Å². The van der Waals surface area contributed by atoms with Crippen LogP contribution in [0, 0.1) is 11.8 Å². The number of carbonyl (C=O) groups is 1. The first-order valence-corrected chi connectivity index (χ1v) is 9.07. The summed E-state index contributed by atoms with van der Waals surface area (Å²) >= 11 is 0. The van der Waals surface area contributed by atoms with Gasteiger partial charge < -0.3 is 10.2 Å². The lowest BCUT2D eigenvalue weighted by Crippen LogP contribution is -2.53. The van der Waals surface area contributed by atoms with E-state index in [1.165, 1.54) is 45.1 Å². The standard InChI is InChI=1S/C17H29N3O/c21-17(16-11-14-3-1-2-4-15(14)18-16)20-9-7-19(8-10-20)12-13-5-6-13/h13-16,18H,1-12H2. The van der Waals surface area contributed by atoms with Gasteiger partial charge in [-0.3, -0.25) is 9.69 Å². The summed E-state index contributed by atoms with van der Waals surface area (Å²) in [6.07, 6.45) is 9.26. The van der Waals surface area contributed by atoms with Gasteiger partial charge >= 0.3 is 0 Å². The van der Waals surface area contributed by atoms with Gasteiger partial charge in [-0.25, -0.2) is 0 Å². The molecule has 118 valence electrons. The van der Waals surface area contributed by atoms with Crippen molar-refractivity contribution >= 4 is 5.91 Å². The van der Waals surface area contributed by atoms with E-state index in [0.717, 1.165) is 44.4 Å². The summed E-state index contributed by atoms with van der Waals surface area (Å²) in [6, 6.07) is 0.747. The molecule has 1 amide bonds. The number of hydrogen-bond donors (Lipinski definition) is 1. The Balaban J connectivity index is 1.27. The molecule has 2 aliphatic heterocycles. The number of rotatable bonds is 3. The van der Waals surface area contributed by atoms with Crippen LogP contribution in [0.25, 0.3) is 0 Å². The molecule has 4 fully saturated rings. The number of piperazine rings is 1. The maximum absolute atomic E-state index is 12.7. The van der Waals surface area contributed by atoms with Gasteiger partial charge in [-0.1, -0.05) is 12.8 Å². The number of nitrogens with zero attached hydrogens (tertiary/aromatic N) is 2. The smallest absolute Gasteiger partial charge is 0.239 e. The number of carbonyl (C=O) groups excluding carboxylic acids is 1. The third-order valence-electron chi connectivity index (χ3n) is 6.06. The van der Waals surface area contributed by atoms with E-state index in [0.29, 0.717) is 11.9 Å². The zero-order valence-electron chi connectivity index (χ0n) is 13.1. The summed E-state index contributed by atoms with van der Waals surface area (Å²) in [6.45, 7) is 5.33. The first kappa shape index (κ1) is 14.0. The molecular formula is C17H29N3O. The Labute approximate surface area is 128 Å². The van der Waals surface area contributed by atoms with Crippen LogP contribution in [0.3, 0.4) is 0 Å². The summed E-state index contributed by atoms with van der Waals surface area (Å²) in [7, 11) is 0. The highest BCUT2D eigenvalue weighted by Crippen LogP contribution is 2.34. The van der Waals surface area contributed by atoms with Gasteiger partial charge in [0.25, 0.3) is 0 Å². The van der Waals surface area contributed by atoms with Gasteiger partial charge in [0, 0.05) is 38.8 Å². The summed E-state index contributed by atoms with van der Waals surface area (Å²) in [5.74, 6) is 2.12. The first-order valence-electron chi connectivity index (χ1n) is 9.07. The van der Waals surface area contributed by atoms with Crippen molar-refractivity contribution in [1.82, 2.24) is 15.1 Å². The lowest BCUT2D eigenvalue weighted by molar-refractivity contribution is -0.135. The predicted molar refractivity (Wildman–Crippen MR) is 83.0 cm³/mol. The molecule has 3 atom stereocenters. The second-order valence-corrected chi connectivity index (χ2v) is 7.68. The molecule has 0 bridgehead atoms. The van der Waals surface area contributed by atoms with Crippen molar-refractivity contribution in [3.8, 4) is 0 Å². The fraction of sp³-hybridized carbons (Fsp3) is 0.941. The molecule has 1 N–H and O–H groups in total. The van der Waals surface area contributed by atoms with E-state index in [9.17, 15) is 4.79 Å². The highest BCUT2D eigenvalue weighted by molar-refractivity contribution is 5.82. The molecule has 4 rings (SSSR count). The Morgan fingerprint density at radius 2 is 1.76 bits per heavy atom. The third-order valence-corrected chi connectivity index (χ3v) is 6.06. The average molecular weight is 291 g/mol. The van der Waals surface area contributed by atoms with Crippen LogP contribution in [0.5, 0.6) is 0 Å². The quantitative estimate of drug-likeness (QED) is 0.855. The van der Waals surface area contributed by atoms with Crippen LogP contribution in [0.1, 0.15) is 44.9 Å². The lowest BCUT2D eigenvalue weighted by Gasteiger charge is -2.36. The fourth-order valence-electron chi connectivity index (χ4n) is 4.55. The van der Waals surface area contributed by atoms with Gasteiger partial charge in [0.05, 0.1) is 6.04 Å². The van der Waals surface area contributed by atoms with Crippen molar-refractivity contribution in [3.05, 3.63) is 0 Å². The Bertz CT molecular complexity index is 373. The van der Waals surface area contributed by atoms with Gasteiger partial charge in [0.2, 0.25) is 5.91 Å². The van der Waals surface area contributed by atoms with Crippen molar-refractivity contribution in [2.75, 3.05) is 32.7 Å². The minimum absolute atomic E-state index is 0.119. The minimum Gasteiger partial charge on any atom is -0.339 e. The molecule has 0 spiro atoms. The summed E-state index contributed by atoms with van der Waals surface area (Å²) in [4.78, 5) is 17.4. The van der Waals surface area contributed by atoms with Crippen molar-refractivity contribution < 1.29 is 4.79 Å². The average Bonchev–Trinajstić information content (AvgIpc) is 3.22. The van der Waals surface area contributed by atoms with E-state index >= 15 is 0 Å². The molecule has 4 aliphatic rings. The fourth-order valence-corrected chi connectivity index (χ4v) is 4.55. The molecule has 2 saturated heterocycles. The Morgan fingerprint density at radius 1 is 1.00 bits per heavy atom. The molecule has 4 nitrogen and oxygen atoms in total. The second-order valence-electron chi connectivity index (χ2n) is 7.68.